The van der Waals surface area contributed by atoms with E-state index in [2.05, 4.69) is 41.1 Å². The maximum atomic E-state index is 4.53. The van der Waals surface area contributed by atoms with Crippen LogP contribution in [0.2, 0.25) is 0 Å². The Morgan fingerprint density at radius 2 is 1.61 bits per heavy atom. The normalized spacial score (nSPS) is 14.6. The Balaban J connectivity index is 1.31. The Morgan fingerprint density at radius 3 is 2.36 bits per heavy atom. The first-order chi connectivity index (χ1) is 13.8. The molecule has 0 unspecified atom stereocenters. The van der Waals surface area contributed by atoms with Crippen LogP contribution in [-0.4, -0.2) is 56.0 Å². The van der Waals surface area contributed by atoms with Gasteiger partial charge in [0.05, 0.1) is 11.9 Å². The molecule has 1 aliphatic rings. The summed E-state index contributed by atoms with van der Waals surface area (Å²) in [5.74, 6) is 2.00. The van der Waals surface area contributed by atoms with Crippen LogP contribution in [-0.2, 0) is 0 Å². The molecule has 1 saturated heterocycles. The fourth-order valence-electron chi connectivity index (χ4n) is 3.58. The van der Waals surface area contributed by atoms with Crippen LogP contribution in [0.5, 0.6) is 0 Å². The molecule has 28 heavy (non-hydrogen) atoms. The average molecular weight is 372 g/mol. The van der Waals surface area contributed by atoms with E-state index in [1.165, 1.54) is 0 Å². The van der Waals surface area contributed by atoms with Crippen molar-refractivity contribution in [1.29, 1.82) is 0 Å². The zero-order valence-corrected chi connectivity index (χ0v) is 15.6. The molecular weight excluding hydrogens is 352 g/mol. The van der Waals surface area contributed by atoms with Crippen molar-refractivity contribution in [3.05, 3.63) is 60.7 Å². The number of anilines is 2. The highest BCUT2D eigenvalue weighted by Gasteiger charge is 2.21. The van der Waals surface area contributed by atoms with Crippen molar-refractivity contribution in [2.75, 3.05) is 36.0 Å². The van der Waals surface area contributed by atoms with Crippen molar-refractivity contribution < 1.29 is 0 Å². The summed E-state index contributed by atoms with van der Waals surface area (Å²) in [5.41, 5.74) is 3.77. The van der Waals surface area contributed by atoms with E-state index in [0.29, 0.717) is 0 Å². The fourth-order valence-corrected chi connectivity index (χ4v) is 3.58. The molecule has 0 saturated carbocycles. The number of aryl methyl sites for hydroxylation is 1. The molecule has 0 atom stereocenters. The molecule has 0 spiro atoms. The van der Waals surface area contributed by atoms with Crippen LogP contribution in [0.3, 0.4) is 0 Å². The molecule has 8 heteroatoms. The maximum Gasteiger partial charge on any atom is 0.157 e. The molecule has 0 aromatic carbocycles. The van der Waals surface area contributed by atoms with Gasteiger partial charge in [0.2, 0.25) is 0 Å². The number of fused-ring (bicyclic) bond motifs is 1. The molecule has 0 N–H and O–H groups in total. The molecule has 140 valence electrons. The smallest absolute Gasteiger partial charge is 0.157 e. The van der Waals surface area contributed by atoms with Gasteiger partial charge in [0.25, 0.3) is 0 Å². The van der Waals surface area contributed by atoms with E-state index in [-0.39, 0.29) is 0 Å². The molecule has 5 rings (SSSR count). The summed E-state index contributed by atoms with van der Waals surface area (Å²) >= 11 is 0. The summed E-state index contributed by atoms with van der Waals surface area (Å²) in [6, 6.07) is 12.0. The predicted molar refractivity (Wildman–Crippen MR) is 107 cm³/mol. The maximum absolute atomic E-state index is 4.53. The second-order valence-electron chi connectivity index (χ2n) is 6.84. The highest BCUT2D eigenvalue weighted by atomic mass is 15.4. The lowest BCUT2D eigenvalue weighted by atomic mass is 10.2. The summed E-state index contributed by atoms with van der Waals surface area (Å²) in [6.45, 7) is 5.58. The van der Waals surface area contributed by atoms with Gasteiger partial charge in [-0.25, -0.2) is 4.98 Å². The van der Waals surface area contributed by atoms with E-state index in [9.17, 15) is 0 Å². The van der Waals surface area contributed by atoms with Gasteiger partial charge in [0.15, 0.2) is 11.5 Å². The zero-order valence-electron chi connectivity index (χ0n) is 15.6. The van der Waals surface area contributed by atoms with Crippen LogP contribution in [0, 0.1) is 6.92 Å². The van der Waals surface area contributed by atoms with E-state index in [1.807, 2.05) is 41.8 Å². The van der Waals surface area contributed by atoms with Gasteiger partial charge in [0, 0.05) is 62.0 Å². The van der Waals surface area contributed by atoms with Gasteiger partial charge in [-0.2, -0.15) is 9.61 Å². The van der Waals surface area contributed by atoms with Gasteiger partial charge in [-0.15, -0.1) is 10.2 Å². The lowest BCUT2D eigenvalue weighted by molar-refractivity contribution is 0.630. The highest BCUT2D eigenvalue weighted by molar-refractivity contribution is 5.59. The van der Waals surface area contributed by atoms with Crippen LogP contribution in [0.15, 0.2) is 55.0 Å². The SMILES string of the molecule is Cc1cc(N2CCN(c3ccc(-c4ccncc4)nn3)CC2)n2nccc2n1. The van der Waals surface area contributed by atoms with E-state index in [0.717, 1.165) is 60.4 Å². The third kappa shape index (κ3) is 3.02. The van der Waals surface area contributed by atoms with Crippen molar-refractivity contribution in [2.24, 2.45) is 0 Å². The third-order valence-electron chi connectivity index (χ3n) is 5.02. The Kier molecular flexibility index (Phi) is 4.08. The Bertz CT molecular complexity index is 1080. The number of nitrogens with zero attached hydrogens (tertiary/aromatic N) is 8. The van der Waals surface area contributed by atoms with Crippen LogP contribution < -0.4 is 9.80 Å². The fraction of sp³-hybridized carbons (Fsp3) is 0.250. The number of rotatable bonds is 3. The van der Waals surface area contributed by atoms with Crippen molar-refractivity contribution in [3.8, 4) is 11.3 Å². The van der Waals surface area contributed by atoms with Gasteiger partial charge in [-0.3, -0.25) is 4.98 Å². The van der Waals surface area contributed by atoms with Crippen LogP contribution in [0.1, 0.15) is 5.69 Å². The van der Waals surface area contributed by atoms with Gasteiger partial charge in [0.1, 0.15) is 5.82 Å². The average Bonchev–Trinajstić information content (AvgIpc) is 3.22. The van der Waals surface area contributed by atoms with Crippen molar-refractivity contribution >= 4 is 17.3 Å². The minimum Gasteiger partial charge on any atom is -0.353 e. The topological polar surface area (TPSA) is 75.3 Å². The molecule has 4 aromatic heterocycles. The lowest BCUT2D eigenvalue weighted by Crippen LogP contribution is -2.47. The molecule has 1 aliphatic heterocycles. The van der Waals surface area contributed by atoms with E-state index < -0.39 is 0 Å². The first-order valence-corrected chi connectivity index (χ1v) is 9.33. The lowest BCUT2D eigenvalue weighted by Gasteiger charge is -2.36. The van der Waals surface area contributed by atoms with Gasteiger partial charge in [-0.1, -0.05) is 0 Å². The monoisotopic (exact) mass is 372 g/mol. The molecule has 0 amide bonds. The Morgan fingerprint density at radius 1 is 0.821 bits per heavy atom. The van der Waals surface area contributed by atoms with E-state index in [1.54, 1.807) is 18.6 Å². The highest BCUT2D eigenvalue weighted by Crippen LogP contribution is 2.22. The van der Waals surface area contributed by atoms with Crippen LogP contribution >= 0.6 is 0 Å². The Labute approximate surface area is 162 Å². The van der Waals surface area contributed by atoms with Crippen LogP contribution in [0.25, 0.3) is 16.9 Å². The second-order valence-corrected chi connectivity index (χ2v) is 6.84. The molecule has 0 bridgehead atoms. The standard InChI is InChI=1S/C20H20N8/c1-15-14-20(28-18(23-15)6-9-22-28)27-12-10-26(11-13-27)19-3-2-17(24-25-19)16-4-7-21-8-5-16/h2-9,14H,10-13H2,1H3. The molecular formula is C20H20N8. The number of aromatic nitrogens is 6. The number of hydrogen-bond donors (Lipinski definition) is 0. The summed E-state index contributed by atoms with van der Waals surface area (Å²) in [5, 5.41) is 13.3. The van der Waals surface area contributed by atoms with E-state index >= 15 is 0 Å². The van der Waals surface area contributed by atoms with E-state index in [4.69, 9.17) is 0 Å². The Hall–Kier alpha value is -3.55. The largest absolute Gasteiger partial charge is 0.353 e. The van der Waals surface area contributed by atoms with Gasteiger partial charge >= 0.3 is 0 Å². The molecule has 0 radical (unpaired) electrons. The second kappa shape index (κ2) is 6.88. The number of hydrogen-bond acceptors (Lipinski definition) is 7. The molecule has 4 aromatic rings. The molecule has 0 aliphatic carbocycles. The first kappa shape index (κ1) is 16.6. The number of pyridine rings is 1. The summed E-state index contributed by atoms with van der Waals surface area (Å²) in [7, 11) is 0. The summed E-state index contributed by atoms with van der Waals surface area (Å²) < 4.78 is 1.91. The quantitative estimate of drug-likeness (QED) is 0.546. The number of piperazine rings is 1. The minimum atomic E-state index is 0.859. The summed E-state index contributed by atoms with van der Waals surface area (Å²) in [6.07, 6.45) is 5.32. The molecule has 1 fully saturated rings. The predicted octanol–water partition coefficient (Wildman–Crippen LogP) is 2.22. The zero-order chi connectivity index (χ0) is 18.9. The van der Waals surface area contributed by atoms with Gasteiger partial charge < -0.3 is 9.80 Å². The van der Waals surface area contributed by atoms with Gasteiger partial charge in [-0.05, 0) is 31.2 Å². The first-order valence-electron chi connectivity index (χ1n) is 9.33. The molecule has 8 nitrogen and oxygen atoms in total. The minimum absolute atomic E-state index is 0.859. The van der Waals surface area contributed by atoms with Crippen LogP contribution in [0.4, 0.5) is 11.6 Å². The third-order valence-corrected chi connectivity index (χ3v) is 5.02. The van der Waals surface area contributed by atoms with Crippen molar-refractivity contribution in [2.45, 2.75) is 6.92 Å². The van der Waals surface area contributed by atoms with Crippen molar-refractivity contribution in [1.82, 2.24) is 29.8 Å². The van der Waals surface area contributed by atoms with Crippen molar-refractivity contribution in [3.63, 3.8) is 0 Å². The summed E-state index contributed by atoms with van der Waals surface area (Å²) in [4.78, 5) is 13.2. The molecule has 5 heterocycles.